The molecule has 0 saturated heterocycles. The summed E-state index contributed by atoms with van der Waals surface area (Å²) in [5.74, 6) is 0.540. The summed E-state index contributed by atoms with van der Waals surface area (Å²) in [4.78, 5) is 18.3. The van der Waals surface area contributed by atoms with Crippen molar-refractivity contribution in [2.45, 2.75) is 17.9 Å². The first kappa shape index (κ1) is 20.3. The number of hydrogen-bond donors (Lipinski definition) is 2. The van der Waals surface area contributed by atoms with Crippen molar-refractivity contribution >= 4 is 37.7 Å². The van der Waals surface area contributed by atoms with Gasteiger partial charge in [0.1, 0.15) is 5.82 Å². The van der Waals surface area contributed by atoms with Crippen molar-refractivity contribution in [1.29, 1.82) is 0 Å². The Morgan fingerprint density at radius 2 is 2.00 bits per heavy atom. The first-order valence-corrected chi connectivity index (χ1v) is 10.2. The van der Waals surface area contributed by atoms with E-state index in [4.69, 9.17) is 0 Å². The monoisotopic (exact) mass is 440 g/mol. The first-order valence-electron chi connectivity index (χ1n) is 7.93. The van der Waals surface area contributed by atoms with E-state index in [1.165, 1.54) is 12.1 Å². The molecule has 0 radical (unpaired) electrons. The lowest BCUT2D eigenvalue weighted by molar-refractivity contribution is -0.121. The topological polar surface area (TPSA) is 91.4 Å². The number of carbonyl (C=O) groups is 1. The van der Waals surface area contributed by atoms with E-state index in [2.05, 4.69) is 31.0 Å². The highest BCUT2D eigenvalue weighted by molar-refractivity contribution is 9.10. The SMILES string of the molecule is CN(C)c1ncccc1CNC(=O)CCNS(=O)(=O)c1cccc(Br)c1. The van der Waals surface area contributed by atoms with E-state index in [1.807, 2.05) is 25.1 Å². The van der Waals surface area contributed by atoms with Crippen molar-refractivity contribution in [2.75, 3.05) is 25.5 Å². The molecule has 0 unspecified atom stereocenters. The zero-order valence-electron chi connectivity index (χ0n) is 14.6. The normalized spacial score (nSPS) is 11.2. The molecule has 0 atom stereocenters. The summed E-state index contributed by atoms with van der Waals surface area (Å²) in [6.45, 7) is 0.354. The molecule has 0 spiro atoms. The molecule has 1 aromatic carbocycles. The minimum atomic E-state index is -3.64. The van der Waals surface area contributed by atoms with Crippen molar-refractivity contribution in [1.82, 2.24) is 15.0 Å². The second-order valence-electron chi connectivity index (χ2n) is 5.76. The third-order valence-corrected chi connectivity index (χ3v) is 5.47. The van der Waals surface area contributed by atoms with Crippen LogP contribution in [0.1, 0.15) is 12.0 Å². The molecule has 26 heavy (non-hydrogen) atoms. The Balaban J connectivity index is 1.84. The van der Waals surface area contributed by atoms with Gasteiger partial charge in [0.2, 0.25) is 15.9 Å². The van der Waals surface area contributed by atoms with Gasteiger partial charge in [-0.1, -0.05) is 28.1 Å². The van der Waals surface area contributed by atoms with Gasteiger partial charge in [-0.2, -0.15) is 0 Å². The highest BCUT2D eigenvalue weighted by Crippen LogP contribution is 2.16. The summed E-state index contributed by atoms with van der Waals surface area (Å²) >= 11 is 3.24. The van der Waals surface area contributed by atoms with Gasteiger partial charge in [0.25, 0.3) is 0 Å². The molecule has 0 aliphatic carbocycles. The number of rotatable bonds is 8. The molecule has 0 aliphatic rings. The standard InChI is InChI=1S/C17H21BrN4O3S/c1-22(2)17-13(5-4-9-19-17)12-20-16(23)8-10-21-26(24,25)15-7-3-6-14(18)11-15/h3-7,9,11,21H,8,10,12H2,1-2H3,(H,20,23). The number of aromatic nitrogens is 1. The van der Waals surface area contributed by atoms with Crippen LogP contribution in [0, 0.1) is 0 Å². The Hall–Kier alpha value is -1.97. The molecular weight excluding hydrogens is 420 g/mol. The third-order valence-electron chi connectivity index (χ3n) is 3.52. The lowest BCUT2D eigenvalue weighted by Crippen LogP contribution is -2.31. The molecule has 0 fully saturated rings. The maximum absolute atomic E-state index is 12.2. The average molecular weight is 441 g/mol. The Morgan fingerprint density at radius 1 is 1.23 bits per heavy atom. The van der Waals surface area contributed by atoms with E-state index in [-0.39, 0.29) is 23.8 Å². The summed E-state index contributed by atoms with van der Waals surface area (Å²) < 4.78 is 27.5. The van der Waals surface area contributed by atoms with Gasteiger partial charge in [0.15, 0.2) is 0 Å². The lowest BCUT2D eigenvalue weighted by Gasteiger charge is -2.16. The molecule has 1 amide bonds. The number of carbonyl (C=O) groups excluding carboxylic acids is 1. The number of pyridine rings is 1. The van der Waals surface area contributed by atoms with Crippen molar-refractivity contribution in [3.63, 3.8) is 0 Å². The van der Waals surface area contributed by atoms with E-state index in [0.29, 0.717) is 11.0 Å². The molecular formula is C17H21BrN4O3S. The van der Waals surface area contributed by atoms with Crippen molar-refractivity contribution < 1.29 is 13.2 Å². The van der Waals surface area contributed by atoms with Crippen molar-refractivity contribution in [3.8, 4) is 0 Å². The molecule has 140 valence electrons. The molecule has 2 aromatic rings. The maximum atomic E-state index is 12.2. The van der Waals surface area contributed by atoms with Gasteiger partial charge in [0.05, 0.1) is 4.90 Å². The van der Waals surface area contributed by atoms with Gasteiger partial charge in [-0.3, -0.25) is 4.79 Å². The second kappa shape index (κ2) is 9.11. The molecule has 1 heterocycles. The minimum Gasteiger partial charge on any atom is -0.362 e. The number of halogens is 1. The van der Waals surface area contributed by atoms with Crippen LogP contribution < -0.4 is 14.9 Å². The minimum absolute atomic E-state index is 0.0221. The Labute approximate surface area is 162 Å². The predicted molar refractivity (Wildman–Crippen MR) is 104 cm³/mol. The second-order valence-corrected chi connectivity index (χ2v) is 8.45. The molecule has 9 heteroatoms. The van der Waals surface area contributed by atoms with Crippen LogP contribution in [-0.2, 0) is 21.4 Å². The van der Waals surface area contributed by atoms with E-state index in [1.54, 1.807) is 24.4 Å². The fraction of sp³-hybridized carbons (Fsp3) is 0.294. The van der Waals surface area contributed by atoms with Crippen LogP contribution in [-0.4, -0.2) is 39.9 Å². The molecule has 0 bridgehead atoms. The van der Waals surface area contributed by atoms with E-state index < -0.39 is 10.0 Å². The zero-order valence-corrected chi connectivity index (χ0v) is 17.0. The van der Waals surface area contributed by atoms with Gasteiger partial charge in [-0.15, -0.1) is 0 Å². The van der Waals surface area contributed by atoms with Gasteiger partial charge >= 0.3 is 0 Å². The number of nitrogens with one attached hydrogen (secondary N) is 2. The van der Waals surface area contributed by atoms with E-state index in [9.17, 15) is 13.2 Å². The van der Waals surface area contributed by atoms with E-state index in [0.717, 1.165) is 11.4 Å². The van der Waals surface area contributed by atoms with E-state index >= 15 is 0 Å². The number of sulfonamides is 1. The van der Waals surface area contributed by atoms with Gasteiger partial charge < -0.3 is 10.2 Å². The number of anilines is 1. The van der Waals surface area contributed by atoms with Crippen LogP contribution >= 0.6 is 15.9 Å². The molecule has 1 aromatic heterocycles. The Bertz CT molecular complexity index is 872. The van der Waals surface area contributed by atoms with Crippen LogP contribution in [0.3, 0.4) is 0 Å². The first-order chi connectivity index (χ1) is 12.3. The molecule has 2 rings (SSSR count). The summed E-state index contributed by atoms with van der Waals surface area (Å²) in [7, 11) is 0.118. The highest BCUT2D eigenvalue weighted by atomic mass is 79.9. The fourth-order valence-corrected chi connectivity index (χ4v) is 3.90. The highest BCUT2D eigenvalue weighted by Gasteiger charge is 2.14. The third kappa shape index (κ3) is 5.79. The van der Waals surface area contributed by atoms with Crippen LogP contribution in [0.4, 0.5) is 5.82 Å². The molecule has 7 nitrogen and oxygen atoms in total. The summed E-state index contributed by atoms with van der Waals surface area (Å²) in [6, 6.07) is 10.1. The van der Waals surface area contributed by atoms with Gasteiger partial charge in [0, 0.05) is 49.8 Å². The molecule has 0 aliphatic heterocycles. The largest absolute Gasteiger partial charge is 0.362 e. The summed E-state index contributed by atoms with van der Waals surface area (Å²) in [5.41, 5.74) is 0.889. The lowest BCUT2D eigenvalue weighted by atomic mass is 10.2. The number of amides is 1. The van der Waals surface area contributed by atoms with Gasteiger partial charge in [-0.05, 0) is 24.3 Å². The van der Waals surface area contributed by atoms with Crippen LogP contribution in [0.25, 0.3) is 0 Å². The summed E-state index contributed by atoms with van der Waals surface area (Å²) in [5, 5.41) is 2.78. The summed E-state index contributed by atoms with van der Waals surface area (Å²) in [6.07, 6.45) is 1.74. The predicted octanol–water partition coefficient (Wildman–Crippen LogP) is 1.89. The molecule has 0 saturated carbocycles. The van der Waals surface area contributed by atoms with Crippen LogP contribution in [0.15, 0.2) is 52.0 Å². The Morgan fingerprint density at radius 3 is 2.69 bits per heavy atom. The fourth-order valence-electron chi connectivity index (χ4n) is 2.27. The smallest absolute Gasteiger partial charge is 0.240 e. The van der Waals surface area contributed by atoms with Crippen molar-refractivity contribution in [3.05, 3.63) is 52.6 Å². The maximum Gasteiger partial charge on any atom is 0.240 e. The quantitative estimate of drug-likeness (QED) is 0.653. The number of hydrogen-bond acceptors (Lipinski definition) is 5. The average Bonchev–Trinajstić information content (AvgIpc) is 2.60. The van der Waals surface area contributed by atoms with Gasteiger partial charge in [-0.25, -0.2) is 18.1 Å². The zero-order chi connectivity index (χ0) is 19.2. The molecule has 2 N–H and O–H groups in total. The van der Waals surface area contributed by atoms with Crippen molar-refractivity contribution in [2.24, 2.45) is 0 Å². The number of benzene rings is 1. The Kier molecular flexibility index (Phi) is 7.13. The van der Waals surface area contributed by atoms with Crippen LogP contribution in [0.5, 0.6) is 0 Å². The van der Waals surface area contributed by atoms with Crippen LogP contribution in [0.2, 0.25) is 0 Å². The number of nitrogens with zero attached hydrogens (tertiary/aromatic N) is 2.